The number of rotatable bonds is 2. The number of hydrogen-bond donors (Lipinski definition) is 1. The second-order valence-electron chi connectivity index (χ2n) is 6.36. The summed E-state index contributed by atoms with van der Waals surface area (Å²) in [6.07, 6.45) is 4.18. The van der Waals surface area contributed by atoms with Crippen molar-refractivity contribution in [3.63, 3.8) is 0 Å². The molecule has 0 amide bonds. The Balaban J connectivity index is 1.80. The fourth-order valence-corrected chi connectivity index (χ4v) is 4.15. The normalized spacial score (nSPS) is 21.8. The number of ketones is 1. The van der Waals surface area contributed by atoms with Gasteiger partial charge >= 0.3 is 0 Å². The number of nitrogens with zero attached hydrogens (tertiary/aromatic N) is 1. The molecule has 1 aliphatic heterocycles. The first-order chi connectivity index (χ1) is 11.6. The van der Waals surface area contributed by atoms with Crippen LogP contribution >= 0.6 is 15.9 Å². The van der Waals surface area contributed by atoms with Gasteiger partial charge in [0.2, 0.25) is 0 Å². The zero-order valence-corrected chi connectivity index (χ0v) is 14.5. The van der Waals surface area contributed by atoms with Crippen molar-refractivity contribution in [2.24, 2.45) is 0 Å². The van der Waals surface area contributed by atoms with Gasteiger partial charge in [0.1, 0.15) is 11.6 Å². The molecule has 24 heavy (non-hydrogen) atoms. The van der Waals surface area contributed by atoms with Gasteiger partial charge in [0.15, 0.2) is 5.78 Å². The molecule has 4 nitrogen and oxygen atoms in total. The predicted molar refractivity (Wildman–Crippen MR) is 93.2 cm³/mol. The SMILES string of the molecule is O=C(c1ccc(F)c(Br)c1)c1ccc(=O)n2c1N[C@@H]1CCCC[C@@H]12. The largest absolute Gasteiger partial charge is 0.366 e. The summed E-state index contributed by atoms with van der Waals surface area (Å²) < 4.78 is 15.4. The third-order valence-corrected chi connectivity index (χ3v) is 5.54. The molecule has 1 aliphatic carbocycles. The highest BCUT2D eigenvalue weighted by molar-refractivity contribution is 9.10. The average molecular weight is 391 g/mol. The van der Waals surface area contributed by atoms with Crippen molar-refractivity contribution in [3.8, 4) is 0 Å². The molecular weight excluding hydrogens is 375 g/mol. The van der Waals surface area contributed by atoms with E-state index >= 15 is 0 Å². The van der Waals surface area contributed by atoms with Crippen LogP contribution in [0.25, 0.3) is 0 Å². The monoisotopic (exact) mass is 390 g/mol. The highest BCUT2D eigenvalue weighted by atomic mass is 79.9. The smallest absolute Gasteiger partial charge is 0.252 e. The summed E-state index contributed by atoms with van der Waals surface area (Å²) in [7, 11) is 0. The predicted octanol–water partition coefficient (Wildman–Crippen LogP) is 3.89. The zero-order valence-electron chi connectivity index (χ0n) is 12.9. The van der Waals surface area contributed by atoms with Crippen molar-refractivity contribution in [3.05, 3.63) is 62.1 Å². The number of aromatic nitrogens is 1. The average Bonchev–Trinajstić information content (AvgIpc) is 2.97. The van der Waals surface area contributed by atoms with Crippen LogP contribution in [0.2, 0.25) is 0 Å². The van der Waals surface area contributed by atoms with Gasteiger partial charge in [-0.25, -0.2) is 4.39 Å². The minimum atomic E-state index is -0.412. The molecule has 0 spiro atoms. The Morgan fingerprint density at radius 2 is 2.00 bits per heavy atom. The topological polar surface area (TPSA) is 51.1 Å². The van der Waals surface area contributed by atoms with Gasteiger partial charge in [0.25, 0.3) is 5.56 Å². The summed E-state index contributed by atoms with van der Waals surface area (Å²) in [6.45, 7) is 0. The van der Waals surface area contributed by atoms with E-state index in [0.29, 0.717) is 16.9 Å². The molecule has 0 radical (unpaired) electrons. The maximum Gasteiger partial charge on any atom is 0.252 e. The number of nitrogens with one attached hydrogen (secondary N) is 1. The fraction of sp³-hybridized carbons (Fsp3) is 0.333. The molecule has 124 valence electrons. The quantitative estimate of drug-likeness (QED) is 0.791. The lowest BCUT2D eigenvalue weighted by atomic mass is 9.91. The first-order valence-corrected chi connectivity index (χ1v) is 8.87. The first-order valence-electron chi connectivity index (χ1n) is 8.08. The van der Waals surface area contributed by atoms with E-state index in [9.17, 15) is 14.0 Å². The number of benzene rings is 1. The zero-order chi connectivity index (χ0) is 16.8. The first kappa shape index (κ1) is 15.6. The Labute approximate surface area is 146 Å². The van der Waals surface area contributed by atoms with Crippen LogP contribution in [0, 0.1) is 5.82 Å². The molecule has 4 rings (SSSR count). The van der Waals surface area contributed by atoms with Crippen molar-refractivity contribution in [1.82, 2.24) is 4.57 Å². The maximum atomic E-state index is 13.4. The van der Waals surface area contributed by atoms with E-state index < -0.39 is 5.82 Å². The molecule has 1 aromatic carbocycles. The lowest BCUT2D eigenvalue weighted by molar-refractivity contribution is 0.103. The fourth-order valence-electron chi connectivity index (χ4n) is 3.77. The molecule has 6 heteroatoms. The van der Waals surface area contributed by atoms with Crippen molar-refractivity contribution in [1.29, 1.82) is 0 Å². The Morgan fingerprint density at radius 3 is 2.79 bits per heavy atom. The minimum Gasteiger partial charge on any atom is -0.366 e. The van der Waals surface area contributed by atoms with Crippen molar-refractivity contribution in [2.75, 3.05) is 5.32 Å². The molecule has 0 unspecified atom stereocenters. The molecule has 1 saturated carbocycles. The third-order valence-electron chi connectivity index (χ3n) is 4.94. The molecule has 0 bridgehead atoms. The van der Waals surface area contributed by atoms with Gasteiger partial charge in [-0.1, -0.05) is 12.8 Å². The van der Waals surface area contributed by atoms with E-state index in [1.54, 1.807) is 10.6 Å². The molecule has 1 N–H and O–H groups in total. The Morgan fingerprint density at radius 1 is 1.21 bits per heavy atom. The van der Waals surface area contributed by atoms with Gasteiger partial charge in [0.05, 0.1) is 16.1 Å². The van der Waals surface area contributed by atoms with E-state index in [2.05, 4.69) is 21.2 Å². The standard InChI is InChI=1S/C18H16BrFN2O2/c19-12-9-10(5-7-13(12)20)17(24)11-6-8-16(23)22-15-4-2-1-3-14(15)21-18(11)22/h5-9,14-15,21H,1-4H2/t14-,15+/m1/s1. The maximum absolute atomic E-state index is 13.4. The Bertz CT molecular complexity index is 893. The number of halogens is 2. The van der Waals surface area contributed by atoms with Gasteiger partial charge in [-0.15, -0.1) is 0 Å². The van der Waals surface area contributed by atoms with Gasteiger partial charge in [-0.3, -0.25) is 14.2 Å². The van der Waals surface area contributed by atoms with Gasteiger partial charge < -0.3 is 5.32 Å². The molecule has 2 atom stereocenters. The van der Waals surface area contributed by atoms with E-state index in [0.717, 1.165) is 25.7 Å². The molecule has 1 aromatic heterocycles. The number of pyridine rings is 1. The second-order valence-corrected chi connectivity index (χ2v) is 7.22. The molecular formula is C18H16BrFN2O2. The molecule has 2 aromatic rings. The van der Waals surface area contributed by atoms with Crippen LogP contribution < -0.4 is 10.9 Å². The lowest BCUT2D eigenvalue weighted by Crippen LogP contribution is -2.29. The lowest BCUT2D eigenvalue weighted by Gasteiger charge is -2.25. The third kappa shape index (κ3) is 2.40. The minimum absolute atomic E-state index is 0.0799. The van der Waals surface area contributed by atoms with Crippen molar-refractivity contribution >= 4 is 27.5 Å². The second kappa shape index (κ2) is 5.84. The number of carbonyl (C=O) groups excluding carboxylic acids is 1. The molecule has 1 fully saturated rings. The summed E-state index contributed by atoms with van der Waals surface area (Å²) in [5, 5.41) is 3.38. The summed E-state index contributed by atoms with van der Waals surface area (Å²) >= 11 is 3.11. The van der Waals surface area contributed by atoms with Crippen molar-refractivity contribution in [2.45, 2.75) is 37.8 Å². The summed E-state index contributed by atoms with van der Waals surface area (Å²) in [5.74, 6) is -0.0272. The van der Waals surface area contributed by atoms with Gasteiger partial charge in [-0.2, -0.15) is 0 Å². The highest BCUT2D eigenvalue weighted by Crippen LogP contribution is 2.38. The summed E-state index contributed by atoms with van der Waals surface area (Å²) in [6, 6.07) is 7.55. The summed E-state index contributed by atoms with van der Waals surface area (Å²) in [4.78, 5) is 25.2. The van der Waals surface area contributed by atoms with Crippen LogP contribution in [-0.4, -0.2) is 16.4 Å². The molecule has 2 aliphatic rings. The van der Waals surface area contributed by atoms with Crippen LogP contribution in [0.15, 0.2) is 39.6 Å². The highest BCUT2D eigenvalue weighted by Gasteiger charge is 2.36. The van der Waals surface area contributed by atoms with Crippen LogP contribution in [0.5, 0.6) is 0 Å². The number of hydrogen-bond acceptors (Lipinski definition) is 3. The number of fused-ring (bicyclic) bond motifs is 3. The van der Waals surface area contributed by atoms with Crippen LogP contribution in [0.4, 0.5) is 10.2 Å². The van der Waals surface area contributed by atoms with Crippen LogP contribution in [0.3, 0.4) is 0 Å². The van der Waals surface area contributed by atoms with E-state index in [-0.39, 0.29) is 27.9 Å². The van der Waals surface area contributed by atoms with Crippen LogP contribution in [-0.2, 0) is 0 Å². The van der Waals surface area contributed by atoms with Crippen LogP contribution in [0.1, 0.15) is 47.6 Å². The van der Waals surface area contributed by atoms with Gasteiger partial charge in [0, 0.05) is 17.7 Å². The van der Waals surface area contributed by atoms with Crippen molar-refractivity contribution < 1.29 is 9.18 Å². The van der Waals surface area contributed by atoms with Gasteiger partial charge in [-0.05, 0) is 53.0 Å². The Hall–Kier alpha value is -1.95. The molecule has 0 saturated heterocycles. The summed E-state index contributed by atoms with van der Waals surface area (Å²) in [5.41, 5.74) is 0.771. The number of carbonyl (C=O) groups is 1. The molecule has 2 heterocycles. The van der Waals surface area contributed by atoms with E-state index in [1.165, 1.54) is 24.3 Å². The number of anilines is 1. The van der Waals surface area contributed by atoms with E-state index in [4.69, 9.17) is 0 Å². The Kier molecular flexibility index (Phi) is 3.79. The van der Waals surface area contributed by atoms with E-state index in [1.807, 2.05) is 0 Å².